The fourth-order valence-electron chi connectivity index (χ4n) is 1.35. The van der Waals surface area contributed by atoms with E-state index in [1.807, 2.05) is 56.3 Å². The molecule has 0 radical (unpaired) electrons. The second-order valence-corrected chi connectivity index (χ2v) is 3.89. The van der Waals surface area contributed by atoms with Gasteiger partial charge in [0.15, 0.2) is 0 Å². The van der Waals surface area contributed by atoms with E-state index in [4.69, 9.17) is 0 Å². The fraction of sp³-hybridized carbons (Fsp3) is 0.267. The van der Waals surface area contributed by atoms with Gasteiger partial charge in [-0.15, -0.1) is 0 Å². The average Bonchev–Trinajstić information content (AvgIpc) is 2.34. The molecule has 0 saturated carbocycles. The van der Waals surface area contributed by atoms with Crippen molar-refractivity contribution in [2.45, 2.75) is 20.3 Å². The molecule has 1 rings (SSSR count). The van der Waals surface area contributed by atoms with Gasteiger partial charge in [0.05, 0.1) is 0 Å². The van der Waals surface area contributed by atoms with Crippen molar-refractivity contribution in [1.82, 2.24) is 5.32 Å². The average molecular weight is 229 g/mol. The van der Waals surface area contributed by atoms with E-state index < -0.39 is 0 Å². The molecule has 0 spiro atoms. The molecule has 0 aliphatic carbocycles. The minimum absolute atomic E-state index is 0.0462. The summed E-state index contributed by atoms with van der Waals surface area (Å²) in [5.74, 6) is -0.0462. The molecule has 1 N–H and O–H groups in total. The summed E-state index contributed by atoms with van der Waals surface area (Å²) in [5.41, 5.74) is 2.26. The largest absolute Gasteiger partial charge is 0.352 e. The zero-order valence-electron chi connectivity index (χ0n) is 10.4. The first-order chi connectivity index (χ1) is 8.22. The van der Waals surface area contributed by atoms with Crippen LogP contribution in [0.4, 0.5) is 0 Å². The van der Waals surface area contributed by atoms with E-state index in [1.54, 1.807) is 6.08 Å². The van der Waals surface area contributed by atoms with Gasteiger partial charge in [-0.25, -0.2) is 0 Å². The zero-order chi connectivity index (χ0) is 12.5. The van der Waals surface area contributed by atoms with Gasteiger partial charge in [0.2, 0.25) is 5.91 Å². The van der Waals surface area contributed by atoms with Crippen molar-refractivity contribution in [2.24, 2.45) is 0 Å². The van der Waals surface area contributed by atoms with E-state index in [9.17, 15) is 4.79 Å². The maximum absolute atomic E-state index is 11.4. The summed E-state index contributed by atoms with van der Waals surface area (Å²) in [6.07, 6.45) is 8.28. The second-order valence-electron chi connectivity index (χ2n) is 3.89. The number of carbonyl (C=O) groups excluding carboxylic acids is 1. The van der Waals surface area contributed by atoms with Crippen LogP contribution < -0.4 is 5.32 Å². The normalized spacial score (nSPS) is 11.2. The number of hydrogen-bond donors (Lipinski definition) is 1. The van der Waals surface area contributed by atoms with Crippen LogP contribution in [-0.2, 0) is 4.79 Å². The molecule has 0 aliphatic heterocycles. The Hall–Kier alpha value is -1.83. The molecule has 0 bridgehead atoms. The lowest BCUT2D eigenvalue weighted by Gasteiger charge is -1.98. The molecule has 1 aromatic carbocycles. The Morgan fingerprint density at radius 1 is 1.29 bits per heavy atom. The number of allylic oxidation sites excluding steroid dienone is 1. The lowest BCUT2D eigenvalue weighted by molar-refractivity contribution is -0.116. The predicted octanol–water partition coefficient (Wildman–Crippen LogP) is 3.09. The standard InChI is InChI=1S/C15H19NO/c1-3-4-5-12-16-15(17)11-10-14-8-6-13(2)7-9-14/h3-4,6-11H,5,12H2,1-2H3,(H,16,17)/b4-3+,11-10+. The van der Waals surface area contributed by atoms with Crippen LogP contribution in [0.3, 0.4) is 0 Å². The Labute approximate surface area is 103 Å². The molecule has 0 unspecified atom stereocenters. The minimum Gasteiger partial charge on any atom is -0.352 e. The smallest absolute Gasteiger partial charge is 0.244 e. The number of carbonyl (C=O) groups is 1. The van der Waals surface area contributed by atoms with Crippen molar-refractivity contribution in [3.63, 3.8) is 0 Å². The highest BCUT2D eigenvalue weighted by Gasteiger charge is 1.93. The molecule has 17 heavy (non-hydrogen) atoms. The van der Waals surface area contributed by atoms with Crippen molar-refractivity contribution < 1.29 is 4.79 Å². The third-order valence-corrected chi connectivity index (χ3v) is 2.35. The molecule has 0 aliphatic rings. The maximum atomic E-state index is 11.4. The Morgan fingerprint density at radius 2 is 2.00 bits per heavy atom. The van der Waals surface area contributed by atoms with Gasteiger partial charge in [-0.3, -0.25) is 4.79 Å². The lowest BCUT2D eigenvalue weighted by Crippen LogP contribution is -2.21. The Morgan fingerprint density at radius 3 is 2.65 bits per heavy atom. The highest BCUT2D eigenvalue weighted by atomic mass is 16.1. The molecule has 0 fully saturated rings. The van der Waals surface area contributed by atoms with Crippen LogP contribution in [-0.4, -0.2) is 12.5 Å². The van der Waals surface area contributed by atoms with E-state index in [-0.39, 0.29) is 5.91 Å². The van der Waals surface area contributed by atoms with E-state index in [0.29, 0.717) is 6.54 Å². The predicted molar refractivity (Wildman–Crippen MR) is 72.7 cm³/mol. The number of nitrogens with one attached hydrogen (secondary N) is 1. The Balaban J connectivity index is 2.37. The van der Waals surface area contributed by atoms with Crippen LogP contribution in [0.1, 0.15) is 24.5 Å². The van der Waals surface area contributed by atoms with Crippen molar-refractivity contribution in [1.29, 1.82) is 0 Å². The van der Waals surface area contributed by atoms with Crippen LogP contribution in [0, 0.1) is 6.92 Å². The summed E-state index contributed by atoms with van der Waals surface area (Å²) in [6.45, 7) is 4.70. The molecule has 2 heteroatoms. The number of aryl methyl sites for hydroxylation is 1. The SMILES string of the molecule is C/C=C/CCNC(=O)/C=C/c1ccc(C)cc1. The number of amides is 1. The molecule has 0 heterocycles. The van der Waals surface area contributed by atoms with E-state index >= 15 is 0 Å². The van der Waals surface area contributed by atoms with Crippen molar-refractivity contribution in [3.8, 4) is 0 Å². The summed E-state index contributed by atoms with van der Waals surface area (Å²) in [5, 5.41) is 2.82. The topological polar surface area (TPSA) is 29.1 Å². The van der Waals surface area contributed by atoms with Gasteiger partial charge in [0.1, 0.15) is 0 Å². The van der Waals surface area contributed by atoms with Crippen LogP contribution in [0.25, 0.3) is 6.08 Å². The van der Waals surface area contributed by atoms with Gasteiger partial charge in [0, 0.05) is 12.6 Å². The molecule has 1 aromatic rings. The van der Waals surface area contributed by atoms with Crippen LogP contribution in [0.5, 0.6) is 0 Å². The molecular formula is C15H19NO. The molecule has 0 atom stereocenters. The summed E-state index contributed by atoms with van der Waals surface area (Å²) in [6, 6.07) is 8.06. The Kier molecular flexibility index (Phi) is 5.80. The zero-order valence-corrected chi connectivity index (χ0v) is 10.4. The molecule has 2 nitrogen and oxygen atoms in total. The Bertz CT molecular complexity index is 401. The summed E-state index contributed by atoms with van der Waals surface area (Å²) >= 11 is 0. The van der Waals surface area contributed by atoms with E-state index in [0.717, 1.165) is 12.0 Å². The summed E-state index contributed by atoms with van der Waals surface area (Å²) in [4.78, 5) is 11.4. The third-order valence-electron chi connectivity index (χ3n) is 2.35. The van der Waals surface area contributed by atoms with E-state index in [2.05, 4.69) is 5.32 Å². The van der Waals surface area contributed by atoms with Gasteiger partial charge in [-0.2, -0.15) is 0 Å². The number of rotatable bonds is 5. The van der Waals surface area contributed by atoms with E-state index in [1.165, 1.54) is 5.56 Å². The highest BCUT2D eigenvalue weighted by Crippen LogP contribution is 2.04. The lowest BCUT2D eigenvalue weighted by atomic mass is 10.1. The summed E-state index contributed by atoms with van der Waals surface area (Å²) < 4.78 is 0. The van der Waals surface area contributed by atoms with Crippen LogP contribution in [0.2, 0.25) is 0 Å². The van der Waals surface area contributed by atoms with Gasteiger partial charge in [-0.1, -0.05) is 42.0 Å². The highest BCUT2D eigenvalue weighted by molar-refractivity contribution is 5.91. The quantitative estimate of drug-likeness (QED) is 0.469. The minimum atomic E-state index is -0.0462. The van der Waals surface area contributed by atoms with Crippen LogP contribution >= 0.6 is 0 Å². The van der Waals surface area contributed by atoms with Gasteiger partial charge in [0.25, 0.3) is 0 Å². The van der Waals surface area contributed by atoms with Gasteiger partial charge in [-0.05, 0) is 31.9 Å². The first kappa shape index (κ1) is 13.2. The second kappa shape index (κ2) is 7.44. The first-order valence-electron chi connectivity index (χ1n) is 5.86. The summed E-state index contributed by atoms with van der Waals surface area (Å²) in [7, 11) is 0. The molecule has 1 amide bonds. The number of benzene rings is 1. The van der Waals surface area contributed by atoms with Crippen molar-refractivity contribution >= 4 is 12.0 Å². The monoisotopic (exact) mass is 229 g/mol. The molecule has 0 saturated heterocycles. The number of hydrogen-bond acceptors (Lipinski definition) is 1. The van der Waals surface area contributed by atoms with Crippen molar-refractivity contribution in [2.75, 3.05) is 6.54 Å². The maximum Gasteiger partial charge on any atom is 0.244 e. The molecule has 0 aromatic heterocycles. The van der Waals surface area contributed by atoms with Gasteiger partial charge < -0.3 is 5.32 Å². The fourth-order valence-corrected chi connectivity index (χ4v) is 1.35. The third kappa shape index (κ3) is 5.71. The van der Waals surface area contributed by atoms with Gasteiger partial charge >= 0.3 is 0 Å². The van der Waals surface area contributed by atoms with Crippen molar-refractivity contribution in [3.05, 3.63) is 53.6 Å². The molecular weight excluding hydrogens is 210 g/mol. The first-order valence-corrected chi connectivity index (χ1v) is 5.86. The van der Waals surface area contributed by atoms with Crippen LogP contribution in [0.15, 0.2) is 42.5 Å². The molecule has 90 valence electrons.